The van der Waals surface area contributed by atoms with Gasteiger partial charge in [0.25, 0.3) is 5.91 Å². The number of benzene rings is 3. The Kier molecular flexibility index (Phi) is 11.4. The molecule has 0 saturated heterocycles. The molecule has 1 aromatic heterocycles. The van der Waals surface area contributed by atoms with Gasteiger partial charge in [-0.15, -0.1) is 6.58 Å². The third-order valence-corrected chi connectivity index (χ3v) is 7.23. The van der Waals surface area contributed by atoms with Crippen LogP contribution >= 0.6 is 0 Å². The van der Waals surface area contributed by atoms with Crippen molar-refractivity contribution in [2.45, 2.75) is 58.9 Å². The molecule has 1 amide bonds. The molecular formula is C35H43N3O4. The lowest BCUT2D eigenvalue weighted by Crippen LogP contribution is -2.29. The number of para-hydroxylation sites is 2. The first-order chi connectivity index (χ1) is 20.5. The normalized spacial score (nSPS) is 10.9. The molecule has 0 aliphatic rings. The minimum Gasteiger partial charge on any atom is -0.493 e. The summed E-state index contributed by atoms with van der Waals surface area (Å²) in [6, 6.07) is 20.3. The number of hydrogen-bond acceptors (Lipinski definition) is 5. The molecule has 222 valence electrons. The van der Waals surface area contributed by atoms with Crippen molar-refractivity contribution in [1.82, 2.24) is 14.9 Å². The van der Waals surface area contributed by atoms with Gasteiger partial charge in [-0.2, -0.15) is 0 Å². The van der Waals surface area contributed by atoms with Crippen molar-refractivity contribution < 1.29 is 19.0 Å². The number of imidazole rings is 1. The van der Waals surface area contributed by atoms with Gasteiger partial charge in [-0.25, -0.2) is 4.98 Å². The van der Waals surface area contributed by atoms with E-state index in [1.165, 1.54) is 0 Å². The Morgan fingerprint density at radius 2 is 1.81 bits per heavy atom. The van der Waals surface area contributed by atoms with Gasteiger partial charge in [0.1, 0.15) is 11.6 Å². The summed E-state index contributed by atoms with van der Waals surface area (Å²) in [5.74, 6) is 3.26. The van der Waals surface area contributed by atoms with Crippen LogP contribution in [0.15, 0.2) is 73.3 Å². The van der Waals surface area contributed by atoms with Crippen LogP contribution in [0.4, 0.5) is 0 Å². The number of carbonyl (C=O) groups excluding carboxylic acids is 1. The predicted molar refractivity (Wildman–Crippen MR) is 169 cm³/mol. The summed E-state index contributed by atoms with van der Waals surface area (Å²) in [7, 11) is 1.67. The number of methoxy groups -OCH3 is 1. The van der Waals surface area contributed by atoms with Gasteiger partial charge in [-0.3, -0.25) is 4.79 Å². The number of ether oxygens (including phenoxy) is 3. The molecule has 0 aliphatic heterocycles. The van der Waals surface area contributed by atoms with Crippen LogP contribution in [0.3, 0.4) is 0 Å². The Morgan fingerprint density at radius 1 is 0.952 bits per heavy atom. The van der Waals surface area contributed by atoms with Gasteiger partial charge in [0.2, 0.25) is 0 Å². The standard InChI is InChI=1S/C35H43N3O4/c1-5-12-28-18-19-31(33(24-28)40-4)41-22-11-21-38-30-14-9-8-13-29(30)37-34(38)15-7-6-10-20-36-35(39)25-42-32-23-26(2)16-17-27(32)3/h5,8-9,13-14,16-19,23-24H,1,6-7,10-12,15,20-22,25H2,2-4H3,(H,36,39). The topological polar surface area (TPSA) is 74.6 Å². The largest absolute Gasteiger partial charge is 0.493 e. The Morgan fingerprint density at radius 3 is 2.64 bits per heavy atom. The molecule has 4 aromatic rings. The lowest BCUT2D eigenvalue weighted by molar-refractivity contribution is -0.123. The fourth-order valence-corrected chi connectivity index (χ4v) is 4.97. The Hall–Kier alpha value is -4.26. The SMILES string of the molecule is C=CCc1ccc(OCCCn2c(CCCCCNC(=O)COc3cc(C)ccc3C)nc3ccccc32)c(OC)c1. The quantitative estimate of drug-likeness (QED) is 0.112. The van der Waals surface area contributed by atoms with Crippen molar-refractivity contribution in [3.05, 3.63) is 95.8 Å². The molecule has 0 fully saturated rings. The first-order valence-electron chi connectivity index (χ1n) is 14.8. The zero-order valence-corrected chi connectivity index (χ0v) is 25.2. The van der Waals surface area contributed by atoms with E-state index < -0.39 is 0 Å². The number of hydrogen-bond donors (Lipinski definition) is 1. The maximum absolute atomic E-state index is 12.2. The van der Waals surface area contributed by atoms with E-state index in [1.54, 1.807) is 7.11 Å². The molecule has 0 atom stereocenters. The van der Waals surface area contributed by atoms with E-state index in [-0.39, 0.29) is 12.5 Å². The minimum absolute atomic E-state index is 0.0332. The number of carbonyl (C=O) groups is 1. The maximum Gasteiger partial charge on any atom is 0.257 e. The van der Waals surface area contributed by atoms with E-state index in [0.717, 1.165) is 95.9 Å². The van der Waals surface area contributed by atoms with Gasteiger partial charge >= 0.3 is 0 Å². The van der Waals surface area contributed by atoms with Gasteiger partial charge < -0.3 is 24.1 Å². The first kappa shape index (κ1) is 30.7. The van der Waals surface area contributed by atoms with Crippen LogP contribution in [-0.4, -0.2) is 42.3 Å². The van der Waals surface area contributed by atoms with Crippen LogP contribution in [0.5, 0.6) is 17.2 Å². The Labute approximate surface area is 249 Å². The fraction of sp³-hybridized carbons (Fsp3) is 0.371. The second-order valence-corrected chi connectivity index (χ2v) is 10.6. The smallest absolute Gasteiger partial charge is 0.257 e. The minimum atomic E-state index is -0.0924. The molecule has 0 radical (unpaired) electrons. The number of unbranched alkanes of at least 4 members (excludes halogenated alkanes) is 2. The van der Waals surface area contributed by atoms with E-state index in [9.17, 15) is 4.79 Å². The molecular weight excluding hydrogens is 526 g/mol. The van der Waals surface area contributed by atoms with E-state index >= 15 is 0 Å². The number of aromatic nitrogens is 2. The lowest BCUT2D eigenvalue weighted by Gasteiger charge is -2.13. The number of rotatable bonds is 17. The van der Waals surface area contributed by atoms with Crippen molar-refractivity contribution in [3.8, 4) is 17.2 Å². The molecule has 7 nitrogen and oxygen atoms in total. The van der Waals surface area contributed by atoms with Crippen LogP contribution in [0.25, 0.3) is 11.0 Å². The number of nitrogens with zero attached hydrogens (tertiary/aromatic N) is 2. The van der Waals surface area contributed by atoms with Crippen LogP contribution in [0, 0.1) is 13.8 Å². The predicted octanol–water partition coefficient (Wildman–Crippen LogP) is 6.77. The van der Waals surface area contributed by atoms with Crippen molar-refractivity contribution >= 4 is 16.9 Å². The maximum atomic E-state index is 12.2. The van der Waals surface area contributed by atoms with Crippen molar-refractivity contribution in [2.75, 3.05) is 26.9 Å². The molecule has 1 N–H and O–H groups in total. The zero-order chi connectivity index (χ0) is 29.7. The summed E-state index contributed by atoms with van der Waals surface area (Å²) >= 11 is 0. The Bertz CT molecular complexity index is 1480. The fourth-order valence-electron chi connectivity index (χ4n) is 4.97. The molecule has 0 bridgehead atoms. The second kappa shape index (κ2) is 15.7. The highest BCUT2D eigenvalue weighted by Gasteiger charge is 2.11. The van der Waals surface area contributed by atoms with Gasteiger partial charge in [0.05, 0.1) is 24.8 Å². The number of amides is 1. The third kappa shape index (κ3) is 8.62. The second-order valence-electron chi connectivity index (χ2n) is 10.6. The highest BCUT2D eigenvalue weighted by Crippen LogP contribution is 2.28. The van der Waals surface area contributed by atoms with Crippen LogP contribution in [0.2, 0.25) is 0 Å². The van der Waals surface area contributed by atoms with Gasteiger partial charge in [0.15, 0.2) is 18.1 Å². The average molecular weight is 570 g/mol. The first-order valence-corrected chi connectivity index (χ1v) is 14.8. The van der Waals surface area contributed by atoms with Crippen LogP contribution in [-0.2, 0) is 24.2 Å². The number of aryl methyl sites for hydroxylation is 4. The molecule has 7 heteroatoms. The molecule has 0 saturated carbocycles. The van der Waals surface area contributed by atoms with E-state index in [0.29, 0.717) is 13.2 Å². The molecule has 3 aromatic carbocycles. The summed E-state index contributed by atoms with van der Waals surface area (Å²) in [5.41, 5.74) is 5.46. The van der Waals surface area contributed by atoms with Crippen LogP contribution < -0.4 is 19.5 Å². The number of allylic oxidation sites excluding steroid dienone is 1. The molecule has 4 rings (SSSR count). The van der Waals surface area contributed by atoms with Crippen molar-refractivity contribution in [1.29, 1.82) is 0 Å². The lowest BCUT2D eigenvalue weighted by atomic mass is 10.1. The summed E-state index contributed by atoms with van der Waals surface area (Å²) in [4.78, 5) is 17.2. The Balaban J connectivity index is 1.21. The van der Waals surface area contributed by atoms with Crippen LogP contribution in [0.1, 0.15) is 48.2 Å². The van der Waals surface area contributed by atoms with E-state index in [1.807, 2.05) is 62.4 Å². The molecule has 0 aliphatic carbocycles. The summed E-state index contributed by atoms with van der Waals surface area (Å²) in [6.07, 6.45) is 7.33. The molecule has 42 heavy (non-hydrogen) atoms. The van der Waals surface area contributed by atoms with Gasteiger partial charge in [-0.1, -0.05) is 42.8 Å². The molecule has 0 unspecified atom stereocenters. The van der Waals surface area contributed by atoms with Gasteiger partial charge in [-0.05, 0) is 86.6 Å². The van der Waals surface area contributed by atoms with E-state index in [4.69, 9.17) is 19.2 Å². The summed E-state index contributed by atoms with van der Waals surface area (Å²) in [5, 5.41) is 2.97. The summed E-state index contributed by atoms with van der Waals surface area (Å²) in [6.45, 7) is 9.88. The molecule has 0 spiro atoms. The zero-order valence-electron chi connectivity index (χ0n) is 25.2. The summed E-state index contributed by atoms with van der Waals surface area (Å²) < 4.78 is 19.6. The van der Waals surface area contributed by atoms with Crippen molar-refractivity contribution in [3.63, 3.8) is 0 Å². The average Bonchev–Trinajstić information content (AvgIpc) is 3.35. The van der Waals surface area contributed by atoms with E-state index in [2.05, 4.69) is 34.7 Å². The highest BCUT2D eigenvalue weighted by atomic mass is 16.5. The molecule has 1 heterocycles. The third-order valence-electron chi connectivity index (χ3n) is 7.23. The van der Waals surface area contributed by atoms with Gasteiger partial charge in [0, 0.05) is 19.5 Å². The number of fused-ring (bicyclic) bond motifs is 1. The number of nitrogens with one attached hydrogen (secondary N) is 1. The highest BCUT2D eigenvalue weighted by molar-refractivity contribution is 5.77. The monoisotopic (exact) mass is 569 g/mol. The van der Waals surface area contributed by atoms with Crippen molar-refractivity contribution in [2.24, 2.45) is 0 Å².